The van der Waals surface area contributed by atoms with Crippen LogP contribution in [0.3, 0.4) is 0 Å². The number of rotatable bonds is 5. The summed E-state index contributed by atoms with van der Waals surface area (Å²) >= 11 is 0. The molecule has 1 aliphatic heterocycles. The maximum Gasteiger partial charge on any atom is 0.216 e. The lowest BCUT2D eigenvalue weighted by molar-refractivity contribution is -0.118. The highest BCUT2D eigenvalue weighted by Crippen LogP contribution is 2.21. The van der Waals surface area contributed by atoms with Gasteiger partial charge in [-0.05, 0) is 29.5 Å². The second-order valence-corrected chi connectivity index (χ2v) is 6.84. The minimum atomic E-state index is -0.294. The molecular weight excluding hydrogens is 340 g/mol. The quantitative estimate of drug-likeness (QED) is 0.753. The molecule has 1 heterocycles. The second kappa shape index (κ2) is 10.8. The third-order valence-electron chi connectivity index (χ3n) is 4.82. The average Bonchev–Trinajstić information content (AvgIpc) is 3.07. The van der Waals surface area contributed by atoms with Crippen LogP contribution < -0.4 is 5.32 Å². The molecule has 0 aromatic heterocycles. The zero-order valence-electron chi connectivity index (χ0n) is 16.1. The van der Waals surface area contributed by atoms with Crippen LogP contribution >= 0.6 is 0 Å². The molecule has 2 aromatic rings. The number of β-amino-alcohol motifs (C(OH)–C–C–N with tert-alkyl or cyclic N) is 1. The fourth-order valence-electron chi connectivity index (χ4n) is 3.19. The Hall–Kier alpha value is -2.21. The summed E-state index contributed by atoms with van der Waals surface area (Å²) in [7, 11) is 1.60. The van der Waals surface area contributed by atoms with Gasteiger partial charge < -0.3 is 15.5 Å². The predicted octanol–water partition coefficient (Wildman–Crippen LogP) is 2.08. The van der Waals surface area contributed by atoms with Gasteiger partial charge in [0.2, 0.25) is 5.91 Å². The summed E-state index contributed by atoms with van der Waals surface area (Å²) in [5, 5.41) is 21.5. The monoisotopic (exact) mass is 370 g/mol. The van der Waals surface area contributed by atoms with E-state index in [1.54, 1.807) is 7.05 Å². The van der Waals surface area contributed by atoms with E-state index in [-0.39, 0.29) is 24.7 Å². The van der Waals surface area contributed by atoms with Gasteiger partial charge in [-0.1, -0.05) is 54.6 Å². The molecule has 2 unspecified atom stereocenters. The number of benzene rings is 2. The number of likely N-dealkylation sites (tertiary alicyclic amines) is 1. The molecule has 0 aliphatic carbocycles. The van der Waals surface area contributed by atoms with E-state index in [0.717, 1.165) is 13.0 Å². The second-order valence-electron chi connectivity index (χ2n) is 6.84. The van der Waals surface area contributed by atoms with Crippen LogP contribution in [0.25, 0.3) is 11.1 Å². The predicted molar refractivity (Wildman–Crippen MR) is 108 cm³/mol. The molecule has 2 aromatic carbocycles. The molecule has 27 heavy (non-hydrogen) atoms. The Balaban J connectivity index is 0.000000465. The summed E-state index contributed by atoms with van der Waals surface area (Å²) < 4.78 is 0. The molecule has 5 heteroatoms. The van der Waals surface area contributed by atoms with Crippen LogP contribution in [0.5, 0.6) is 0 Å². The van der Waals surface area contributed by atoms with Gasteiger partial charge in [-0.15, -0.1) is 0 Å². The van der Waals surface area contributed by atoms with E-state index in [1.807, 2.05) is 6.07 Å². The van der Waals surface area contributed by atoms with Crippen LogP contribution in [0.15, 0.2) is 54.6 Å². The first-order valence-electron chi connectivity index (χ1n) is 9.39. The van der Waals surface area contributed by atoms with Crippen molar-refractivity contribution in [3.8, 4) is 11.1 Å². The number of hydrogen-bond acceptors (Lipinski definition) is 4. The van der Waals surface area contributed by atoms with Gasteiger partial charge in [0, 0.05) is 33.1 Å². The molecule has 3 rings (SSSR count). The molecule has 0 radical (unpaired) electrons. The standard InChI is InChI=1S/C19H23NO2.C3H7NO/c21-14-18-12-19(22)13-20(18)11-10-15-6-8-17(9-7-15)16-4-2-1-3-5-16;1-3(5)4-2/h1-9,18-19,21-22H,10-14H2;1-2H3,(H,4,5). The van der Waals surface area contributed by atoms with Gasteiger partial charge in [-0.2, -0.15) is 0 Å². The minimum Gasteiger partial charge on any atom is -0.395 e. The van der Waals surface area contributed by atoms with Gasteiger partial charge in [0.25, 0.3) is 0 Å². The van der Waals surface area contributed by atoms with E-state index >= 15 is 0 Å². The van der Waals surface area contributed by atoms with Gasteiger partial charge in [0.05, 0.1) is 12.7 Å². The van der Waals surface area contributed by atoms with Crippen molar-refractivity contribution < 1.29 is 15.0 Å². The van der Waals surface area contributed by atoms with Crippen molar-refractivity contribution in [3.63, 3.8) is 0 Å². The zero-order valence-corrected chi connectivity index (χ0v) is 16.1. The van der Waals surface area contributed by atoms with Crippen LogP contribution in [-0.2, 0) is 11.2 Å². The van der Waals surface area contributed by atoms with Crippen molar-refractivity contribution in [2.75, 3.05) is 26.7 Å². The number of nitrogens with zero attached hydrogens (tertiary/aromatic N) is 1. The molecule has 2 atom stereocenters. The highest BCUT2D eigenvalue weighted by molar-refractivity contribution is 5.72. The average molecular weight is 370 g/mol. The lowest BCUT2D eigenvalue weighted by Crippen LogP contribution is -2.34. The molecule has 1 amide bonds. The van der Waals surface area contributed by atoms with Gasteiger partial charge in [-0.3, -0.25) is 9.69 Å². The Kier molecular flexibility index (Phi) is 8.45. The summed E-state index contributed by atoms with van der Waals surface area (Å²) in [5.41, 5.74) is 3.75. The molecular formula is C22H30N2O3. The SMILES string of the molecule is CNC(C)=O.OCC1CC(O)CN1CCc1ccc(-c2ccccc2)cc1. The highest BCUT2D eigenvalue weighted by Gasteiger charge is 2.29. The van der Waals surface area contributed by atoms with Crippen LogP contribution in [0.4, 0.5) is 0 Å². The first-order chi connectivity index (χ1) is 13.0. The number of aliphatic hydroxyl groups is 2. The lowest BCUT2D eigenvalue weighted by Gasteiger charge is -2.22. The zero-order chi connectivity index (χ0) is 19.6. The fraction of sp³-hybridized carbons (Fsp3) is 0.409. The number of nitrogens with one attached hydrogen (secondary N) is 1. The van der Waals surface area contributed by atoms with Crippen LogP contribution in [0, 0.1) is 0 Å². The molecule has 0 saturated carbocycles. The van der Waals surface area contributed by atoms with E-state index in [9.17, 15) is 15.0 Å². The summed E-state index contributed by atoms with van der Waals surface area (Å²) in [6.45, 7) is 3.16. The smallest absolute Gasteiger partial charge is 0.216 e. The van der Waals surface area contributed by atoms with Crippen molar-refractivity contribution in [1.29, 1.82) is 0 Å². The molecule has 1 fully saturated rings. The number of carbonyl (C=O) groups excluding carboxylic acids is 1. The number of carbonyl (C=O) groups is 1. The molecule has 5 nitrogen and oxygen atoms in total. The maximum atomic E-state index is 9.71. The van der Waals surface area contributed by atoms with E-state index in [1.165, 1.54) is 23.6 Å². The van der Waals surface area contributed by atoms with Crippen molar-refractivity contribution >= 4 is 5.91 Å². The molecule has 1 aliphatic rings. The third kappa shape index (κ3) is 6.79. The Labute approximate surface area is 161 Å². The van der Waals surface area contributed by atoms with Gasteiger partial charge >= 0.3 is 0 Å². The van der Waals surface area contributed by atoms with Crippen LogP contribution in [0.1, 0.15) is 18.9 Å². The van der Waals surface area contributed by atoms with Crippen molar-refractivity contribution in [1.82, 2.24) is 10.2 Å². The maximum absolute atomic E-state index is 9.71. The Morgan fingerprint density at radius 1 is 1.11 bits per heavy atom. The number of aliphatic hydroxyl groups excluding tert-OH is 2. The third-order valence-corrected chi connectivity index (χ3v) is 4.82. The van der Waals surface area contributed by atoms with E-state index in [2.05, 4.69) is 58.7 Å². The van der Waals surface area contributed by atoms with Crippen LogP contribution in [-0.4, -0.2) is 59.9 Å². The van der Waals surface area contributed by atoms with Gasteiger partial charge in [0.1, 0.15) is 0 Å². The molecule has 0 bridgehead atoms. The van der Waals surface area contributed by atoms with E-state index in [4.69, 9.17) is 0 Å². The summed E-state index contributed by atoms with van der Waals surface area (Å²) in [5.74, 6) is 0.00463. The van der Waals surface area contributed by atoms with Crippen molar-refractivity contribution in [2.45, 2.75) is 31.9 Å². The lowest BCUT2D eigenvalue weighted by atomic mass is 10.0. The molecule has 1 saturated heterocycles. The van der Waals surface area contributed by atoms with Crippen molar-refractivity contribution in [3.05, 3.63) is 60.2 Å². The van der Waals surface area contributed by atoms with Gasteiger partial charge in [-0.25, -0.2) is 0 Å². The number of hydrogen-bond donors (Lipinski definition) is 3. The fourth-order valence-corrected chi connectivity index (χ4v) is 3.19. The first kappa shape index (κ1) is 21.1. The van der Waals surface area contributed by atoms with Crippen molar-refractivity contribution in [2.24, 2.45) is 0 Å². The summed E-state index contributed by atoms with van der Waals surface area (Å²) in [6, 6.07) is 19.1. The van der Waals surface area contributed by atoms with E-state index in [0.29, 0.717) is 13.0 Å². The van der Waals surface area contributed by atoms with E-state index < -0.39 is 0 Å². The largest absolute Gasteiger partial charge is 0.395 e. The molecule has 0 spiro atoms. The summed E-state index contributed by atoms with van der Waals surface area (Å²) in [4.78, 5) is 11.9. The molecule has 3 N–H and O–H groups in total. The van der Waals surface area contributed by atoms with Crippen LogP contribution in [0.2, 0.25) is 0 Å². The molecule has 146 valence electrons. The highest BCUT2D eigenvalue weighted by atomic mass is 16.3. The number of amides is 1. The normalized spacial score (nSPS) is 19.3. The summed E-state index contributed by atoms with van der Waals surface area (Å²) in [6.07, 6.45) is 1.33. The topological polar surface area (TPSA) is 72.8 Å². The Morgan fingerprint density at radius 2 is 1.70 bits per heavy atom. The first-order valence-corrected chi connectivity index (χ1v) is 9.39. The minimum absolute atomic E-state index is 0.00463. The Morgan fingerprint density at radius 3 is 2.26 bits per heavy atom. The van der Waals surface area contributed by atoms with Gasteiger partial charge in [0.15, 0.2) is 0 Å². The Bertz CT molecular complexity index is 688.